The quantitative estimate of drug-likeness (QED) is 0.136. The standard InChI is InChI=1S/C41H47Cl2F2N3O8/c1-41(2,3)56-40(51)48-28-12-10-27(11-13-28)47-37(49)29-14-8-26(17-35(29)52-21-23-4-5-23)38(50)54-34(18-30-31(42)19-46-20-32(30)43)25-9-15-33(55-39(44)45)36(16-25)53-22-24-6-7-24/h8-9,14-17,19-20,23-24,27-28,34,39H,4-7,10-13,18,21-22H2,1-3H3,(H,47,49)(H,48,51)/t27?,28?,34-/m0/s1. The SMILES string of the molecule is CC(C)(C)OC(=O)NC1CCC(NC(=O)c2ccc(C(=O)O[C@@H](Cc3c(Cl)cncc3Cl)c3ccc(OC(F)F)c(OCC4CC4)c3)cc2OCC2CC2)CC1. The van der Waals surface area contributed by atoms with Gasteiger partial charge in [-0.25, -0.2) is 9.59 Å². The maximum Gasteiger partial charge on any atom is 0.407 e. The van der Waals surface area contributed by atoms with E-state index in [2.05, 4.69) is 15.6 Å². The number of aromatic nitrogens is 1. The van der Waals surface area contributed by atoms with E-state index in [1.807, 2.05) is 20.8 Å². The molecule has 3 fully saturated rings. The van der Waals surface area contributed by atoms with Gasteiger partial charge in [0.15, 0.2) is 11.5 Å². The minimum absolute atomic E-state index is 0.0180. The minimum Gasteiger partial charge on any atom is -0.492 e. The molecule has 2 amide bonds. The van der Waals surface area contributed by atoms with Crippen LogP contribution in [-0.4, -0.2) is 60.5 Å². The topological polar surface area (TPSA) is 134 Å². The molecule has 1 atom stereocenters. The molecule has 0 saturated heterocycles. The second-order valence-electron chi connectivity index (χ2n) is 15.7. The summed E-state index contributed by atoms with van der Waals surface area (Å²) in [4.78, 5) is 43.9. The molecular weight excluding hydrogens is 771 g/mol. The summed E-state index contributed by atoms with van der Waals surface area (Å²) in [5.41, 5.74) is 0.689. The monoisotopic (exact) mass is 817 g/mol. The van der Waals surface area contributed by atoms with Crippen molar-refractivity contribution in [2.75, 3.05) is 13.2 Å². The molecule has 56 heavy (non-hydrogen) atoms. The number of carbonyl (C=O) groups is 3. The lowest BCUT2D eigenvalue weighted by atomic mass is 9.91. The second kappa shape index (κ2) is 18.3. The third-order valence-electron chi connectivity index (χ3n) is 9.73. The summed E-state index contributed by atoms with van der Waals surface area (Å²) >= 11 is 13.0. The molecule has 302 valence electrons. The third kappa shape index (κ3) is 12.1. The molecule has 0 radical (unpaired) electrons. The molecule has 1 aromatic heterocycles. The first-order valence-corrected chi connectivity index (χ1v) is 19.7. The molecule has 6 rings (SSSR count). The number of carbonyl (C=O) groups excluding carboxylic acids is 3. The highest BCUT2D eigenvalue weighted by Crippen LogP contribution is 2.39. The number of ether oxygens (including phenoxy) is 5. The Balaban J connectivity index is 1.19. The Bertz CT molecular complexity index is 1860. The number of amides is 2. The number of nitrogens with zero attached hydrogens (tertiary/aromatic N) is 1. The molecule has 2 N–H and O–H groups in total. The molecule has 3 aliphatic carbocycles. The molecule has 1 heterocycles. The van der Waals surface area contributed by atoms with Gasteiger partial charge >= 0.3 is 18.7 Å². The number of hydrogen-bond donors (Lipinski definition) is 2. The zero-order valence-corrected chi connectivity index (χ0v) is 33.1. The molecule has 2 aromatic carbocycles. The van der Waals surface area contributed by atoms with Crippen molar-refractivity contribution in [3.63, 3.8) is 0 Å². The summed E-state index contributed by atoms with van der Waals surface area (Å²) in [6.07, 6.45) is 8.04. The Morgan fingerprint density at radius 2 is 1.41 bits per heavy atom. The molecule has 0 aliphatic heterocycles. The van der Waals surface area contributed by atoms with E-state index in [0.717, 1.165) is 25.7 Å². The molecule has 11 nitrogen and oxygen atoms in total. The Kier molecular flexibility index (Phi) is 13.5. The summed E-state index contributed by atoms with van der Waals surface area (Å²) < 4.78 is 54.8. The van der Waals surface area contributed by atoms with Crippen LogP contribution in [0.1, 0.15) is 110 Å². The Labute approximate surface area is 335 Å². The lowest BCUT2D eigenvalue weighted by molar-refractivity contribution is -0.0515. The van der Waals surface area contributed by atoms with Crippen molar-refractivity contribution in [3.8, 4) is 17.2 Å². The van der Waals surface area contributed by atoms with Crippen LogP contribution in [0.25, 0.3) is 0 Å². The fourth-order valence-corrected chi connectivity index (χ4v) is 6.85. The van der Waals surface area contributed by atoms with Crippen molar-refractivity contribution >= 4 is 41.2 Å². The molecule has 3 saturated carbocycles. The van der Waals surface area contributed by atoms with E-state index in [1.165, 1.54) is 48.8 Å². The van der Waals surface area contributed by atoms with Crippen LogP contribution in [0.15, 0.2) is 48.8 Å². The lowest BCUT2D eigenvalue weighted by Crippen LogP contribution is -2.45. The summed E-state index contributed by atoms with van der Waals surface area (Å²) in [5.74, 6) is -0.210. The normalized spacial score (nSPS) is 18.8. The lowest BCUT2D eigenvalue weighted by Gasteiger charge is -2.30. The van der Waals surface area contributed by atoms with Crippen molar-refractivity contribution in [2.24, 2.45) is 11.8 Å². The highest BCUT2D eigenvalue weighted by Gasteiger charge is 2.30. The first-order chi connectivity index (χ1) is 26.7. The number of nitrogens with one attached hydrogen (secondary N) is 2. The van der Waals surface area contributed by atoms with E-state index in [0.29, 0.717) is 61.9 Å². The average molecular weight is 819 g/mol. The molecule has 15 heteroatoms. The third-order valence-corrected chi connectivity index (χ3v) is 10.4. The molecule has 0 unspecified atom stereocenters. The van der Waals surface area contributed by atoms with Crippen LogP contribution in [0.3, 0.4) is 0 Å². The largest absolute Gasteiger partial charge is 0.492 e. The van der Waals surface area contributed by atoms with Crippen LogP contribution in [0.5, 0.6) is 17.2 Å². The minimum atomic E-state index is -3.07. The molecule has 0 bridgehead atoms. The average Bonchev–Trinajstić information content (AvgIpc) is 4.07. The second-order valence-corrected chi connectivity index (χ2v) is 16.5. The number of benzene rings is 2. The number of halogens is 4. The summed E-state index contributed by atoms with van der Waals surface area (Å²) in [6.45, 7) is 3.07. The van der Waals surface area contributed by atoms with E-state index < -0.39 is 30.4 Å². The highest BCUT2D eigenvalue weighted by molar-refractivity contribution is 6.35. The predicted octanol–water partition coefficient (Wildman–Crippen LogP) is 9.27. The number of pyridine rings is 1. The summed E-state index contributed by atoms with van der Waals surface area (Å²) in [5, 5.41) is 6.51. The fraction of sp³-hybridized carbons (Fsp3) is 0.512. The molecular formula is C41H47Cl2F2N3O8. The van der Waals surface area contributed by atoms with Gasteiger partial charge < -0.3 is 34.3 Å². The van der Waals surface area contributed by atoms with Gasteiger partial charge in [0.05, 0.1) is 34.4 Å². The Morgan fingerprint density at radius 1 is 0.804 bits per heavy atom. The maximum absolute atomic E-state index is 13.9. The number of esters is 1. The van der Waals surface area contributed by atoms with Crippen LogP contribution < -0.4 is 24.8 Å². The van der Waals surface area contributed by atoms with Crippen LogP contribution in [0.2, 0.25) is 10.0 Å². The number of alkyl halides is 2. The summed E-state index contributed by atoms with van der Waals surface area (Å²) in [6, 6.07) is 8.73. The van der Waals surface area contributed by atoms with Gasteiger partial charge in [-0.3, -0.25) is 9.78 Å². The summed E-state index contributed by atoms with van der Waals surface area (Å²) in [7, 11) is 0. The van der Waals surface area contributed by atoms with Crippen LogP contribution in [0.4, 0.5) is 13.6 Å². The van der Waals surface area contributed by atoms with Crippen molar-refractivity contribution in [1.29, 1.82) is 0 Å². The fourth-order valence-electron chi connectivity index (χ4n) is 6.33. The van der Waals surface area contributed by atoms with E-state index in [1.54, 1.807) is 0 Å². The van der Waals surface area contributed by atoms with Gasteiger partial charge in [-0.1, -0.05) is 29.3 Å². The van der Waals surface area contributed by atoms with E-state index in [-0.39, 0.29) is 62.8 Å². The van der Waals surface area contributed by atoms with Gasteiger partial charge in [0, 0.05) is 30.9 Å². The first-order valence-electron chi connectivity index (χ1n) is 19.0. The van der Waals surface area contributed by atoms with Crippen LogP contribution in [-0.2, 0) is 15.9 Å². The zero-order chi connectivity index (χ0) is 40.0. The van der Waals surface area contributed by atoms with Gasteiger partial charge in [0.1, 0.15) is 17.5 Å². The van der Waals surface area contributed by atoms with E-state index >= 15 is 0 Å². The number of rotatable bonds is 16. The van der Waals surface area contributed by atoms with Crippen molar-refractivity contribution < 1.29 is 46.8 Å². The number of alkyl carbamates (subject to hydrolysis) is 1. The van der Waals surface area contributed by atoms with Crippen molar-refractivity contribution in [3.05, 3.63) is 81.1 Å². The molecule has 0 spiro atoms. The highest BCUT2D eigenvalue weighted by atomic mass is 35.5. The van der Waals surface area contributed by atoms with Gasteiger partial charge in [-0.2, -0.15) is 8.78 Å². The Hall–Kier alpha value is -4.36. The van der Waals surface area contributed by atoms with Crippen LogP contribution >= 0.6 is 23.2 Å². The van der Waals surface area contributed by atoms with Crippen molar-refractivity contribution in [2.45, 2.75) is 109 Å². The van der Waals surface area contributed by atoms with Gasteiger partial charge in [0.25, 0.3) is 5.91 Å². The smallest absolute Gasteiger partial charge is 0.407 e. The zero-order valence-electron chi connectivity index (χ0n) is 31.6. The predicted molar refractivity (Wildman–Crippen MR) is 205 cm³/mol. The maximum atomic E-state index is 13.9. The number of hydrogen-bond acceptors (Lipinski definition) is 9. The van der Waals surface area contributed by atoms with E-state index in [9.17, 15) is 23.2 Å². The van der Waals surface area contributed by atoms with Gasteiger partial charge in [-0.15, -0.1) is 0 Å². The van der Waals surface area contributed by atoms with Gasteiger partial charge in [0.2, 0.25) is 0 Å². The Morgan fingerprint density at radius 3 is 2.00 bits per heavy atom. The van der Waals surface area contributed by atoms with Gasteiger partial charge in [-0.05, 0) is 125 Å². The first kappa shape index (κ1) is 41.3. The molecule has 3 aliphatic rings. The van der Waals surface area contributed by atoms with E-state index in [4.69, 9.17) is 46.9 Å². The molecule has 3 aromatic rings. The van der Waals surface area contributed by atoms with Crippen LogP contribution in [0, 0.1) is 11.8 Å². The van der Waals surface area contributed by atoms with Crippen molar-refractivity contribution in [1.82, 2.24) is 15.6 Å².